The molecule has 0 bridgehead atoms. The SMILES string of the molecule is CC(C)(C)[C@H](N)c1ccc([N+](=O)[O-])s1.Cl. The molecule has 0 aliphatic rings. The molecule has 0 spiro atoms. The van der Waals surface area contributed by atoms with Gasteiger partial charge in [0.2, 0.25) is 0 Å². The first-order valence-corrected chi connectivity index (χ1v) is 5.13. The monoisotopic (exact) mass is 250 g/mol. The van der Waals surface area contributed by atoms with Crippen LogP contribution in [0.1, 0.15) is 31.7 Å². The van der Waals surface area contributed by atoms with Gasteiger partial charge >= 0.3 is 5.00 Å². The predicted molar refractivity (Wildman–Crippen MR) is 64.6 cm³/mol. The normalized spacial score (nSPS) is 13.1. The number of halogens is 1. The van der Waals surface area contributed by atoms with Crippen molar-refractivity contribution in [3.05, 3.63) is 27.1 Å². The molecule has 0 aromatic carbocycles. The number of rotatable bonds is 2. The zero-order chi connectivity index (χ0) is 10.9. The van der Waals surface area contributed by atoms with Gasteiger partial charge in [0.1, 0.15) is 0 Å². The molecule has 0 amide bonds. The zero-order valence-corrected chi connectivity index (χ0v) is 10.5. The highest BCUT2D eigenvalue weighted by Gasteiger charge is 2.25. The number of nitrogens with two attached hydrogens (primary N) is 1. The summed E-state index contributed by atoms with van der Waals surface area (Å²) in [4.78, 5) is 10.9. The number of thiophene rings is 1. The van der Waals surface area contributed by atoms with Gasteiger partial charge in [-0.2, -0.15) is 0 Å². The molecule has 86 valence electrons. The van der Waals surface area contributed by atoms with Crippen molar-refractivity contribution < 1.29 is 4.92 Å². The van der Waals surface area contributed by atoms with Gasteiger partial charge in [-0.25, -0.2) is 0 Å². The highest BCUT2D eigenvalue weighted by atomic mass is 35.5. The van der Waals surface area contributed by atoms with Crippen LogP contribution in [0.2, 0.25) is 0 Å². The van der Waals surface area contributed by atoms with Crippen molar-refractivity contribution in [3.8, 4) is 0 Å². The van der Waals surface area contributed by atoms with Crippen molar-refractivity contribution in [1.29, 1.82) is 0 Å². The molecule has 1 heterocycles. The molecule has 0 radical (unpaired) electrons. The van der Waals surface area contributed by atoms with Crippen LogP contribution in [-0.4, -0.2) is 4.92 Å². The Morgan fingerprint density at radius 1 is 1.47 bits per heavy atom. The van der Waals surface area contributed by atoms with Crippen LogP contribution in [0, 0.1) is 15.5 Å². The summed E-state index contributed by atoms with van der Waals surface area (Å²) in [7, 11) is 0. The standard InChI is InChI=1S/C9H14N2O2S.ClH/c1-9(2,3)8(10)6-4-5-7(14-6)11(12)13;/h4-5,8H,10H2,1-3H3;1H/t8-;/m1./s1. The van der Waals surface area contributed by atoms with Crippen LogP contribution in [0.15, 0.2) is 12.1 Å². The van der Waals surface area contributed by atoms with Crippen LogP contribution in [0.4, 0.5) is 5.00 Å². The first-order chi connectivity index (χ1) is 6.32. The quantitative estimate of drug-likeness (QED) is 0.648. The van der Waals surface area contributed by atoms with E-state index in [2.05, 4.69) is 0 Å². The first kappa shape index (κ1) is 14.3. The predicted octanol–water partition coefficient (Wildman–Crippen LogP) is 3.12. The average molecular weight is 251 g/mol. The largest absolute Gasteiger partial charge is 0.324 e. The maximum Gasteiger partial charge on any atom is 0.324 e. The Morgan fingerprint density at radius 2 is 2.00 bits per heavy atom. The third kappa shape index (κ3) is 3.44. The lowest BCUT2D eigenvalue weighted by Crippen LogP contribution is -2.25. The molecule has 1 atom stereocenters. The van der Waals surface area contributed by atoms with Crippen LogP contribution in [0.3, 0.4) is 0 Å². The summed E-state index contributed by atoms with van der Waals surface area (Å²) >= 11 is 1.15. The molecule has 1 rings (SSSR count). The van der Waals surface area contributed by atoms with Crippen molar-refractivity contribution in [2.24, 2.45) is 11.1 Å². The summed E-state index contributed by atoms with van der Waals surface area (Å²) in [6.07, 6.45) is 0. The molecule has 4 nitrogen and oxygen atoms in total. The molecule has 0 aliphatic carbocycles. The second-order valence-corrected chi connectivity index (χ2v) is 5.37. The number of hydrogen-bond acceptors (Lipinski definition) is 4. The van der Waals surface area contributed by atoms with E-state index < -0.39 is 0 Å². The van der Waals surface area contributed by atoms with Crippen molar-refractivity contribution >= 4 is 28.7 Å². The number of nitro groups is 1. The Hall–Kier alpha value is -0.650. The Morgan fingerprint density at radius 3 is 2.33 bits per heavy atom. The van der Waals surface area contributed by atoms with E-state index in [0.717, 1.165) is 16.2 Å². The zero-order valence-electron chi connectivity index (χ0n) is 8.89. The van der Waals surface area contributed by atoms with E-state index in [1.54, 1.807) is 6.07 Å². The third-order valence-corrected chi connectivity index (χ3v) is 3.15. The smallest absolute Gasteiger partial charge is 0.323 e. The summed E-state index contributed by atoms with van der Waals surface area (Å²) in [5, 5.41) is 10.6. The summed E-state index contributed by atoms with van der Waals surface area (Å²) in [6, 6.07) is 3.09. The second-order valence-electron chi connectivity index (χ2n) is 4.28. The second kappa shape index (κ2) is 4.92. The number of hydrogen-bond donors (Lipinski definition) is 1. The first-order valence-electron chi connectivity index (χ1n) is 4.32. The summed E-state index contributed by atoms with van der Waals surface area (Å²) < 4.78 is 0. The van der Waals surface area contributed by atoms with Gasteiger partial charge in [-0.3, -0.25) is 10.1 Å². The molecular weight excluding hydrogens is 236 g/mol. The van der Waals surface area contributed by atoms with Crippen LogP contribution < -0.4 is 5.73 Å². The highest BCUT2D eigenvalue weighted by Crippen LogP contribution is 2.36. The van der Waals surface area contributed by atoms with Crippen molar-refractivity contribution in [2.75, 3.05) is 0 Å². The molecule has 15 heavy (non-hydrogen) atoms. The molecule has 1 aromatic rings. The minimum atomic E-state index is -0.385. The summed E-state index contributed by atoms with van der Waals surface area (Å²) in [5.74, 6) is 0. The molecule has 0 fully saturated rings. The van der Waals surface area contributed by atoms with Gasteiger partial charge in [0.05, 0.1) is 4.92 Å². The fourth-order valence-electron chi connectivity index (χ4n) is 1.03. The fourth-order valence-corrected chi connectivity index (χ4v) is 2.10. The Kier molecular flexibility index (Phi) is 4.70. The van der Waals surface area contributed by atoms with E-state index in [1.165, 1.54) is 6.07 Å². The highest BCUT2D eigenvalue weighted by molar-refractivity contribution is 7.15. The summed E-state index contributed by atoms with van der Waals surface area (Å²) in [6.45, 7) is 6.05. The fraction of sp³-hybridized carbons (Fsp3) is 0.556. The minimum Gasteiger partial charge on any atom is -0.323 e. The lowest BCUT2D eigenvalue weighted by Gasteiger charge is -2.25. The van der Waals surface area contributed by atoms with Gasteiger partial charge < -0.3 is 5.73 Å². The van der Waals surface area contributed by atoms with Crippen molar-refractivity contribution in [1.82, 2.24) is 0 Å². The molecular formula is C9H15ClN2O2S. The molecule has 6 heteroatoms. The maximum absolute atomic E-state index is 10.5. The molecule has 0 aliphatic heterocycles. The molecule has 1 aromatic heterocycles. The summed E-state index contributed by atoms with van der Waals surface area (Å²) in [5.41, 5.74) is 5.90. The van der Waals surface area contributed by atoms with E-state index in [4.69, 9.17) is 5.73 Å². The van der Waals surface area contributed by atoms with Gasteiger partial charge in [0.15, 0.2) is 0 Å². The van der Waals surface area contributed by atoms with Crippen molar-refractivity contribution in [2.45, 2.75) is 26.8 Å². The average Bonchev–Trinajstić information content (AvgIpc) is 2.48. The van der Waals surface area contributed by atoms with Crippen LogP contribution in [0.25, 0.3) is 0 Å². The van der Waals surface area contributed by atoms with E-state index >= 15 is 0 Å². The van der Waals surface area contributed by atoms with Crippen LogP contribution in [-0.2, 0) is 0 Å². The Labute approximate surface area is 99.0 Å². The van der Waals surface area contributed by atoms with Crippen molar-refractivity contribution in [3.63, 3.8) is 0 Å². The molecule has 0 unspecified atom stereocenters. The van der Waals surface area contributed by atoms with E-state index in [-0.39, 0.29) is 33.8 Å². The minimum absolute atomic E-state index is 0. The van der Waals surface area contributed by atoms with E-state index in [0.29, 0.717) is 0 Å². The van der Waals surface area contributed by atoms with Crippen LogP contribution >= 0.6 is 23.7 Å². The number of nitrogens with zero attached hydrogens (tertiary/aromatic N) is 1. The van der Waals surface area contributed by atoms with E-state index in [1.807, 2.05) is 20.8 Å². The maximum atomic E-state index is 10.5. The van der Waals surface area contributed by atoms with Gasteiger partial charge in [0, 0.05) is 17.0 Å². The van der Waals surface area contributed by atoms with E-state index in [9.17, 15) is 10.1 Å². The van der Waals surface area contributed by atoms with Gasteiger partial charge in [-0.15, -0.1) is 12.4 Å². The van der Waals surface area contributed by atoms with Gasteiger partial charge in [-0.05, 0) is 11.5 Å². The van der Waals surface area contributed by atoms with Gasteiger partial charge in [-0.1, -0.05) is 32.1 Å². The Bertz CT molecular complexity index is 346. The lowest BCUT2D eigenvalue weighted by atomic mass is 9.87. The third-order valence-electron chi connectivity index (χ3n) is 2.03. The molecule has 0 saturated heterocycles. The molecule has 0 saturated carbocycles. The van der Waals surface area contributed by atoms with Crippen LogP contribution in [0.5, 0.6) is 0 Å². The Balaban J connectivity index is 0.00000196. The van der Waals surface area contributed by atoms with Gasteiger partial charge in [0.25, 0.3) is 0 Å². The topological polar surface area (TPSA) is 69.2 Å². The molecule has 2 N–H and O–H groups in total. The lowest BCUT2D eigenvalue weighted by molar-refractivity contribution is -0.380.